The third-order valence-electron chi connectivity index (χ3n) is 4.35. The second-order valence-electron chi connectivity index (χ2n) is 5.98. The van der Waals surface area contributed by atoms with E-state index in [4.69, 9.17) is 14.2 Å². The normalized spacial score (nSPS) is 10.7. The Morgan fingerprint density at radius 2 is 1.81 bits per heavy atom. The number of carbonyl (C=O) groups is 1. The number of hydrogen-bond acceptors (Lipinski definition) is 6. The van der Waals surface area contributed by atoms with E-state index in [-0.39, 0.29) is 11.1 Å². The zero-order valence-electron chi connectivity index (χ0n) is 15.6. The maximum absolute atomic E-state index is 12.9. The lowest BCUT2D eigenvalue weighted by Crippen LogP contribution is -2.21. The molecular weight excluding hydrogens is 348 g/mol. The molecule has 0 atom stereocenters. The van der Waals surface area contributed by atoms with Gasteiger partial charge in [0.15, 0.2) is 11.5 Å². The van der Waals surface area contributed by atoms with E-state index in [0.717, 1.165) is 5.56 Å². The van der Waals surface area contributed by atoms with Crippen molar-refractivity contribution in [1.29, 1.82) is 0 Å². The Bertz CT molecular complexity index is 1070. The molecule has 0 amide bonds. The molecule has 0 aliphatic carbocycles. The van der Waals surface area contributed by atoms with Gasteiger partial charge in [-0.25, -0.2) is 4.79 Å². The van der Waals surface area contributed by atoms with E-state index in [1.807, 2.05) is 12.1 Å². The standard InChI is InChI=1S/C20H20N2O5/c1-12-14(20(24)27-4)10-15-16(21-12)7-8-22(19(15)23)11-13-5-6-17(25-2)18(9-13)26-3/h5-10H,11H2,1-4H3. The number of nitrogens with zero attached hydrogens (tertiary/aromatic N) is 2. The molecular formula is C20H20N2O5. The fourth-order valence-electron chi connectivity index (χ4n) is 2.92. The zero-order valence-corrected chi connectivity index (χ0v) is 15.6. The summed E-state index contributed by atoms with van der Waals surface area (Å²) in [7, 11) is 4.43. The molecule has 0 saturated heterocycles. The highest BCUT2D eigenvalue weighted by atomic mass is 16.5. The van der Waals surface area contributed by atoms with Crippen LogP contribution < -0.4 is 15.0 Å². The van der Waals surface area contributed by atoms with Crippen molar-refractivity contribution in [2.45, 2.75) is 13.5 Å². The van der Waals surface area contributed by atoms with Gasteiger partial charge in [-0.15, -0.1) is 0 Å². The predicted octanol–water partition coefficient (Wildman–Crippen LogP) is 2.56. The first kappa shape index (κ1) is 18.4. The number of aryl methyl sites for hydroxylation is 1. The summed E-state index contributed by atoms with van der Waals surface area (Å²) >= 11 is 0. The van der Waals surface area contributed by atoms with Gasteiger partial charge in [0, 0.05) is 6.20 Å². The van der Waals surface area contributed by atoms with Crippen LogP contribution in [-0.4, -0.2) is 36.8 Å². The van der Waals surface area contributed by atoms with E-state index in [1.54, 1.807) is 44.0 Å². The molecule has 0 aliphatic heterocycles. The van der Waals surface area contributed by atoms with Crippen LogP contribution >= 0.6 is 0 Å². The van der Waals surface area contributed by atoms with Crippen LogP contribution in [-0.2, 0) is 11.3 Å². The fraction of sp³-hybridized carbons (Fsp3) is 0.250. The zero-order chi connectivity index (χ0) is 19.6. The highest BCUT2D eigenvalue weighted by molar-refractivity contribution is 5.94. The number of benzene rings is 1. The minimum Gasteiger partial charge on any atom is -0.493 e. The first-order valence-electron chi connectivity index (χ1n) is 8.28. The highest BCUT2D eigenvalue weighted by Gasteiger charge is 2.14. The van der Waals surface area contributed by atoms with Gasteiger partial charge in [0.1, 0.15) is 0 Å². The van der Waals surface area contributed by atoms with Gasteiger partial charge in [0.05, 0.1) is 50.0 Å². The monoisotopic (exact) mass is 368 g/mol. The summed E-state index contributed by atoms with van der Waals surface area (Å²) in [4.78, 5) is 29.2. The molecule has 2 heterocycles. The first-order chi connectivity index (χ1) is 13.0. The Morgan fingerprint density at radius 1 is 1.07 bits per heavy atom. The molecule has 0 radical (unpaired) electrons. The third kappa shape index (κ3) is 3.48. The first-order valence-corrected chi connectivity index (χ1v) is 8.28. The van der Waals surface area contributed by atoms with Crippen molar-refractivity contribution in [1.82, 2.24) is 9.55 Å². The van der Waals surface area contributed by atoms with Crippen LogP contribution in [0.4, 0.5) is 0 Å². The molecule has 0 N–H and O–H groups in total. The van der Waals surface area contributed by atoms with Gasteiger partial charge in [0.25, 0.3) is 5.56 Å². The smallest absolute Gasteiger partial charge is 0.339 e. The van der Waals surface area contributed by atoms with E-state index in [1.165, 1.54) is 13.2 Å². The number of ether oxygens (including phenoxy) is 3. The van der Waals surface area contributed by atoms with Crippen LogP contribution in [0.25, 0.3) is 10.9 Å². The summed E-state index contributed by atoms with van der Waals surface area (Å²) in [5, 5.41) is 0.365. The summed E-state index contributed by atoms with van der Waals surface area (Å²) in [5.74, 6) is 0.695. The van der Waals surface area contributed by atoms with Crippen LogP contribution in [0.15, 0.2) is 41.3 Å². The minimum absolute atomic E-state index is 0.236. The van der Waals surface area contributed by atoms with Crippen molar-refractivity contribution >= 4 is 16.9 Å². The molecule has 7 heteroatoms. The van der Waals surface area contributed by atoms with Crippen LogP contribution in [0.5, 0.6) is 11.5 Å². The molecule has 0 spiro atoms. The number of rotatable bonds is 5. The number of carbonyl (C=O) groups excluding carboxylic acids is 1. The number of methoxy groups -OCH3 is 3. The Balaban J connectivity index is 2.05. The molecule has 2 aromatic heterocycles. The Labute approximate surface area is 156 Å². The molecule has 7 nitrogen and oxygen atoms in total. The molecule has 3 rings (SSSR count). The number of fused-ring (bicyclic) bond motifs is 1. The molecule has 0 unspecified atom stereocenters. The average Bonchev–Trinajstić information content (AvgIpc) is 2.69. The van der Waals surface area contributed by atoms with Crippen molar-refractivity contribution < 1.29 is 19.0 Å². The van der Waals surface area contributed by atoms with E-state index < -0.39 is 5.97 Å². The molecule has 0 aliphatic rings. The number of esters is 1. The maximum Gasteiger partial charge on any atom is 0.339 e. The van der Waals surface area contributed by atoms with Gasteiger partial charge >= 0.3 is 5.97 Å². The SMILES string of the molecule is COC(=O)c1cc2c(=O)n(Cc3ccc(OC)c(OC)c3)ccc2nc1C. The molecule has 0 saturated carbocycles. The highest BCUT2D eigenvalue weighted by Crippen LogP contribution is 2.27. The molecule has 3 aromatic rings. The van der Waals surface area contributed by atoms with Gasteiger partial charge < -0.3 is 18.8 Å². The molecule has 0 fully saturated rings. The quantitative estimate of drug-likeness (QED) is 0.644. The Hall–Kier alpha value is -3.35. The van der Waals surface area contributed by atoms with Gasteiger partial charge in [-0.2, -0.15) is 0 Å². The van der Waals surface area contributed by atoms with E-state index in [0.29, 0.717) is 34.6 Å². The summed E-state index contributed by atoms with van der Waals surface area (Å²) in [6.07, 6.45) is 1.69. The summed E-state index contributed by atoms with van der Waals surface area (Å²) in [6.45, 7) is 2.05. The lowest BCUT2D eigenvalue weighted by atomic mass is 10.1. The number of aromatic nitrogens is 2. The maximum atomic E-state index is 12.9. The lowest BCUT2D eigenvalue weighted by molar-refractivity contribution is 0.0599. The largest absolute Gasteiger partial charge is 0.493 e. The second kappa shape index (κ2) is 7.49. The van der Waals surface area contributed by atoms with Crippen molar-refractivity contribution in [2.24, 2.45) is 0 Å². The van der Waals surface area contributed by atoms with Crippen molar-refractivity contribution in [3.05, 3.63) is 63.7 Å². The molecule has 0 bridgehead atoms. The van der Waals surface area contributed by atoms with Crippen LogP contribution in [0.1, 0.15) is 21.6 Å². The average molecular weight is 368 g/mol. The third-order valence-corrected chi connectivity index (χ3v) is 4.35. The van der Waals surface area contributed by atoms with E-state index in [2.05, 4.69) is 4.98 Å². The van der Waals surface area contributed by atoms with E-state index in [9.17, 15) is 9.59 Å². The van der Waals surface area contributed by atoms with Crippen molar-refractivity contribution in [3.8, 4) is 11.5 Å². The Morgan fingerprint density at radius 3 is 2.48 bits per heavy atom. The van der Waals surface area contributed by atoms with E-state index >= 15 is 0 Å². The van der Waals surface area contributed by atoms with Crippen LogP contribution in [0, 0.1) is 6.92 Å². The van der Waals surface area contributed by atoms with Gasteiger partial charge in [0.2, 0.25) is 0 Å². The van der Waals surface area contributed by atoms with Crippen molar-refractivity contribution in [3.63, 3.8) is 0 Å². The number of pyridine rings is 2. The number of hydrogen-bond donors (Lipinski definition) is 0. The summed E-state index contributed by atoms with van der Waals surface area (Å²) in [5.41, 5.74) is 1.98. The van der Waals surface area contributed by atoms with Crippen molar-refractivity contribution in [2.75, 3.05) is 21.3 Å². The fourth-order valence-corrected chi connectivity index (χ4v) is 2.92. The molecule has 1 aromatic carbocycles. The molecule has 27 heavy (non-hydrogen) atoms. The lowest BCUT2D eigenvalue weighted by Gasteiger charge is -2.12. The van der Waals surface area contributed by atoms with Gasteiger partial charge in [-0.05, 0) is 36.8 Å². The minimum atomic E-state index is -0.517. The summed E-state index contributed by atoms with van der Waals surface area (Å²) in [6, 6.07) is 8.77. The topological polar surface area (TPSA) is 79.7 Å². The second-order valence-corrected chi connectivity index (χ2v) is 5.98. The van der Waals surface area contributed by atoms with Gasteiger partial charge in [-0.1, -0.05) is 6.07 Å². The Kier molecular flexibility index (Phi) is 5.12. The van der Waals surface area contributed by atoms with Crippen LogP contribution in [0.3, 0.4) is 0 Å². The molecule has 140 valence electrons. The van der Waals surface area contributed by atoms with Crippen LogP contribution in [0.2, 0.25) is 0 Å². The summed E-state index contributed by atoms with van der Waals surface area (Å²) < 4.78 is 16.9. The predicted molar refractivity (Wildman–Crippen MR) is 101 cm³/mol. The van der Waals surface area contributed by atoms with Gasteiger partial charge in [-0.3, -0.25) is 9.78 Å².